The third-order valence-corrected chi connectivity index (χ3v) is 6.71. The second-order valence-corrected chi connectivity index (χ2v) is 9.06. The molecule has 0 fully saturated rings. The van der Waals surface area contributed by atoms with Crippen molar-refractivity contribution < 1.29 is 10.5 Å². The number of hydrogen-bond donors (Lipinski definition) is 2. The van der Waals surface area contributed by atoms with Crippen molar-refractivity contribution in [2.45, 2.75) is 155 Å². The molecular weight excluding hydrogens is 344 g/mol. The van der Waals surface area contributed by atoms with Gasteiger partial charge < -0.3 is 11.1 Å². The molecule has 1 unspecified atom stereocenters. The fourth-order valence-electron chi connectivity index (χ4n) is 3.99. The molecule has 28 heavy (non-hydrogen) atoms. The second kappa shape index (κ2) is 18.5. The standard InChI is InChI=1S/C25H52N2O/c1-5-8-9-10-11-12-13-14-15-16-17-18-19-20-21-22-24(28)27-23(4)25(26,6-2)7-3/h23H,5-22,26H2,1-4H3,(H,27,28)/p+1. The number of carbonyl (C=O) groups excluding carboxylic acids is 1. The summed E-state index contributed by atoms with van der Waals surface area (Å²) >= 11 is 0. The van der Waals surface area contributed by atoms with Crippen LogP contribution in [-0.2, 0) is 4.79 Å². The highest BCUT2D eigenvalue weighted by molar-refractivity contribution is 5.76. The zero-order valence-electron chi connectivity index (χ0n) is 19.9. The van der Waals surface area contributed by atoms with Crippen molar-refractivity contribution in [2.24, 2.45) is 0 Å². The Kier molecular flexibility index (Phi) is 18.1. The zero-order chi connectivity index (χ0) is 21.1. The molecule has 0 aromatic rings. The van der Waals surface area contributed by atoms with Gasteiger partial charge in [-0.25, -0.2) is 0 Å². The summed E-state index contributed by atoms with van der Waals surface area (Å²) in [6, 6.07) is 0.159. The Morgan fingerprint density at radius 1 is 0.714 bits per heavy atom. The van der Waals surface area contributed by atoms with Gasteiger partial charge in [0.2, 0.25) is 5.91 Å². The minimum Gasteiger partial charge on any atom is -0.351 e. The van der Waals surface area contributed by atoms with E-state index in [1.165, 1.54) is 89.9 Å². The number of rotatable bonds is 20. The van der Waals surface area contributed by atoms with E-state index >= 15 is 0 Å². The van der Waals surface area contributed by atoms with Gasteiger partial charge in [0, 0.05) is 19.3 Å². The molecular formula is C25H53N2O+. The molecule has 1 amide bonds. The fraction of sp³-hybridized carbons (Fsp3) is 0.960. The van der Waals surface area contributed by atoms with Crippen LogP contribution in [0.1, 0.15) is 143 Å². The first-order chi connectivity index (χ1) is 13.5. The molecule has 3 heteroatoms. The van der Waals surface area contributed by atoms with Crippen LogP contribution in [0.2, 0.25) is 0 Å². The number of quaternary nitrogens is 1. The Morgan fingerprint density at radius 3 is 1.43 bits per heavy atom. The summed E-state index contributed by atoms with van der Waals surface area (Å²) in [5, 5.41) is 3.17. The first kappa shape index (κ1) is 27.4. The molecule has 0 radical (unpaired) electrons. The van der Waals surface area contributed by atoms with Crippen molar-refractivity contribution in [3.8, 4) is 0 Å². The van der Waals surface area contributed by atoms with Crippen LogP contribution in [0.3, 0.4) is 0 Å². The Balaban J connectivity index is 3.40. The number of carbonyl (C=O) groups is 1. The van der Waals surface area contributed by atoms with E-state index in [1.807, 2.05) is 0 Å². The number of nitrogens with one attached hydrogen (secondary N) is 1. The molecule has 0 aliphatic carbocycles. The first-order valence-electron chi connectivity index (χ1n) is 12.6. The lowest BCUT2D eigenvalue weighted by molar-refractivity contribution is -0.485. The summed E-state index contributed by atoms with van der Waals surface area (Å²) in [7, 11) is 0. The maximum absolute atomic E-state index is 12.1. The molecule has 0 aromatic heterocycles. The van der Waals surface area contributed by atoms with Crippen molar-refractivity contribution in [3.63, 3.8) is 0 Å². The fourth-order valence-corrected chi connectivity index (χ4v) is 3.99. The Labute approximate surface area is 177 Å². The van der Waals surface area contributed by atoms with Crippen LogP contribution in [0, 0.1) is 0 Å². The van der Waals surface area contributed by atoms with Gasteiger partial charge in [-0.1, -0.05) is 111 Å². The minimum absolute atomic E-state index is 0.0231. The van der Waals surface area contributed by atoms with Gasteiger partial charge >= 0.3 is 0 Å². The summed E-state index contributed by atoms with van der Waals surface area (Å²) in [6.07, 6.45) is 23.1. The van der Waals surface area contributed by atoms with Crippen molar-refractivity contribution >= 4 is 5.91 Å². The van der Waals surface area contributed by atoms with E-state index in [9.17, 15) is 4.79 Å². The molecule has 0 aromatic carbocycles. The van der Waals surface area contributed by atoms with Gasteiger partial charge in [-0.3, -0.25) is 4.79 Å². The lowest BCUT2D eigenvalue weighted by Crippen LogP contribution is -2.79. The molecule has 4 N–H and O–H groups in total. The van der Waals surface area contributed by atoms with Gasteiger partial charge in [-0.15, -0.1) is 0 Å². The number of amides is 1. The predicted octanol–water partition coefficient (Wildman–Crippen LogP) is 6.55. The molecule has 0 saturated carbocycles. The summed E-state index contributed by atoms with van der Waals surface area (Å²) in [5.74, 6) is 0.206. The third-order valence-electron chi connectivity index (χ3n) is 6.71. The molecule has 3 nitrogen and oxygen atoms in total. The van der Waals surface area contributed by atoms with E-state index in [1.54, 1.807) is 0 Å². The predicted molar refractivity (Wildman–Crippen MR) is 123 cm³/mol. The largest absolute Gasteiger partial charge is 0.351 e. The Bertz CT molecular complexity index is 352. The first-order valence-corrected chi connectivity index (χ1v) is 12.6. The van der Waals surface area contributed by atoms with Crippen molar-refractivity contribution in [2.75, 3.05) is 0 Å². The van der Waals surface area contributed by atoms with Gasteiger partial charge in [-0.2, -0.15) is 0 Å². The van der Waals surface area contributed by atoms with Crippen LogP contribution >= 0.6 is 0 Å². The highest BCUT2D eigenvalue weighted by atomic mass is 16.1. The van der Waals surface area contributed by atoms with E-state index in [-0.39, 0.29) is 17.5 Å². The normalized spacial score (nSPS) is 12.9. The molecule has 0 aliphatic heterocycles. The summed E-state index contributed by atoms with van der Waals surface area (Å²) < 4.78 is 0. The van der Waals surface area contributed by atoms with Crippen LogP contribution in [0.25, 0.3) is 0 Å². The van der Waals surface area contributed by atoms with Crippen LogP contribution in [-0.4, -0.2) is 17.5 Å². The van der Waals surface area contributed by atoms with Crippen molar-refractivity contribution in [3.05, 3.63) is 0 Å². The molecule has 1 atom stereocenters. The van der Waals surface area contributed by atoms with Gasteiger partial charge in [-0.05, 0) is 13.3 Å². The average molecular weight is 398 g/mol. The van der Waals surface area contributed by atoms with E-state index in [0.29, 0.717) is 6.42 Å². The molecule has 0 spiro atoms. The SMILES string of the molecule is CCCCCCCCCCCCCCCCCC(=O)NC(C)C([NH3+])(CC)CC. The van der Waals surface area contributed by atoms with Gasteiger partial charge in [0.25, 0.3) is 0 Å². The monoisotopic (exact) mass is 397 g/mol. The van der Waals surface area contributed by atoms with Gasteiger partial charge in [0.05, 0.1) is 6.04 Å². The summed E-state index contributed by atoms with van der Waals surface area (Å²) in [4.78, 5) is 12.1. The van der Waals surface area contributed by atoms with Crippen LogP contribution < -0.4 is 11.1 Å². The smallest absolute Gasteiger partial charge is 0.220 e. The Hall–Kier alpha value is -0.570. The highest BCUT2D eigenvalue weighted by Gasteiger charge is 2.32. The summed E-state index contributed by atoms with van der Waals surface area (Å²) in [5.41, 5.74) is 4.30. The second-order valence-electron chi connectivity index (χ2n) is 9.06. The molecule has 0 saturated heterocycles. The Morgan fingerprint density at radius 2 is 1.07 bits per heavy atom. The number of unbranched alkanes of at least 4 members (excludes halogenated alkanes) is 14. The van der Waals surface area contributed by atoms with Crippen LogP contribution in [0.15, 0.2) is 0 Å². The lowest BCUT2D eigenvalue weighted by Gasteiger charge is -2.30. The van der Waals surface area contributed by atoms with Gasteiger partial charge in [0.1, 0.15) is 5.54 Å². The van der Waals surface area contributed by atoms with E-state index < -0.39 is 0 Å². The molecule has 0 bridgehead atoms. The van der Waals surface area contributed by atoms with Crippen LogP contribution in [0.4, 0.5) is 0 Å². The average Bonchev–Trinajstić information content (AvgIpc) is 2.70. The van der Waals surface area contributed by atoms with E-state index in [2.05, 4.69) is 38.7 Å². The number of hydrogen-bond acceptors (Lipinski definition) is 1. The van der Waals surface area contributed by atoms with Crippen molar-refractivity contribution in [1.82, 2.24) is 5.32 Å². The van der Waals surface area contributed by atoms with Crippen molar-refractivity contribution in [1.29, 1.82) is 0 Å². The highest BCUT2D eigenvalue weighted by Crippen LogP contribution is 2.15. The third kappa shape index (κ3) is 14.4. The minimum atomic E-state index is -0.0231. The molecule has 168 valence electrons. The molecule has 0 rings (SSSR count). The topological polar surface area (TPSA) is 56.7 Å². The van der Waals surface area contributed by atoms with Crippen LogP contribution in [0.5, 0.6) is 0 Å². The molecule has 0 heterocycles. The zero-order valence-corrected chi connectivity index (χ0v) is 19.9. The maximum atomic E-state index is 12.1. The molecule has 0 aliphatic rings. The lowest BCUT2D eigenvalue weighted by atomic mass is 9.86. The quantitative estimate of drug-likeness (QED) is 0.225. The summed E-state index contributed by atoms with van der Waals surface area (Å²) in [6.45, 7) is 8.71. The van der Waals surface area contributed by atoms with E-state index in [4.69, 9.17) is 0 Å². The van der Waals surface area contributed by atoms with Gasteiger partial charge in [0.15, 0.2) is 0 Å². The van der Waals surface area contributed by atoms with E-state index in [0.717, 1.165) is 19.3 Å². The maximum Gasteiger partial charge on any atom is 0.220 e.